The molecule has 1 aliphatic heterocycles. The van der Waals surface area contributed by atoms with E-state index in [1.54, 1.807) is 30.4 Å². The zero-order chi connectivity index (χ0) is 21.1. The van der Waals surface area contributed by atoms with Gasteiger partial charge in [-0.05, 0) is 29.3 Å². The molecule has 30 heavy (non-hydrogen) atoms. The van der Waals surface area contributed by atoms with E-state index in [4.69, 9.17) is 0 Å². The second kappa shape index (κ2) is 8.20. The first-order valence-electron chi connectivity index (χ1n) is 9.53. The molecule has 0 spiro atoms. The van der Waals surface area contributed by atoms with Crippen molar-refractivity contribution in [1.82, 2.24) is 19.9 Å². The lowest BCUT2D eigenvalue weighted by atomic mass is 10.1. The van der Waals surface area contributed by atoms with Crippen LogP contribution in [0, 0.1) is 0 Å². The molecule has 0 aliphatic carbocycles. The number of hydrogen-bond acceptors (Lipinski definition) is 5. The first kappa shape index (κ1) is 19.4. The van der Waals surface area contributed by atoms with Crippen LogP contribution in [0.15, 0.2) is 70.0 Å². The maximum Gasteiger partial charge on any atom is 0.330 e. The molecule has 2 aromatic heterocycles. The fraction of sp³-hybridized carbons (Fsp3) is 0.182. The van der Waals surface area contributed by atoms with Gasteiger partial charge in [0.2, 0.25) is 5.91 Å². The summed E-state index contributed by atoms with van der Waals surface area (Å²) < 4.78 is 1.15. The molecule has 2 N–H and O–H groups in total. The Kier molecular flexibility index (Phi) is 5.30. The summed E-state index contributed by atoms with van der Waals surface area (Å²) in [5.41, 5.74) is 1.62. The molecule has 8 nitrogen and oxygen atoms in total. The summed E-state index contributed by atoms with van der Waals surface area (Å²) in [6.45, 7) is 0.801. The van der Waals surface area contributed by atoms with Crippen LogP contribution in [0.4, 0.5) is 5.82 Å². The summed E-state index contributed by atoms with van der Waals surface area (Å²) >= 11 is 0. The van der Waals surface area contributed by atoms with Crippen LogP contribution in [0.1, 0.15) is 16.7 Å². The molecule has 0 fully saturated rings. The summed E-state index contributed by atoms with van der Waals surface area (Å²) in [6.07, 6.45) is 4.89. The Labute approximate surface area is 172 Å². The highest BCUT2D eigenvalue weighted by atomic mass is 16.2. The number of aromatic nitrogens is 3. The number of nitrogens with zero attached hydrogens (tertiary/aromatic N) is 3. The number of H-pyrrole nitrogens is 1. The first-order valence-corrected chi connectivity index (χ1v) is 9.53. The van der Waals surface area contributed by atoms with E-state index >= 15 is 0 Å². The van der Waals surface area contributed by atoms with E-state index in [-0.39, 0.29) is 19.0 Å². The van der Waals surface area contributed by atoms with E-state index in [2.05, 4.69) is 15.3 Å². The van der Waals surface area contributed by atoms with Crippen LogP contribution in [-0.4, -0.2) is 34.0 Å². The Bertz CT molecular complexity index is 1210. The Morgan fingerprint density at radius 3 is 2.57 bits per heavy atom. The molecule has 3 heterocycles. The number of fused-ring (bicyclic) bond motifs is 1. The molecule has 1 amide bonds. The van der Waals surface area contributed by atoms with Gasteiger partial charge >= 0.3 is 5.69 Å². The van der Waals surface area contributed by atoms with Gasteiger partial charge in [0.15, 0.2) is 0 Å². The van der Waals surface area contributed by atoms with Gasteiger partial charge in [-0.25, -0.2) is 4.79 Å². The lowest BCUT2D eigenvalue weighted by Crippen LogP contribution is -2.42. The molecule has 0 atom stereocenters. The first-order chi connectivity index (χ1) is 14.5. The van der Waals surface area contributed by atoms with Crippen LogP contribution in [-0.2, 0) is 17.9 Å². The van der Waals surface area contributed by atoms with Gasteiger partial charge in [-0.1, -0.05) is 30.3 Å². The predicted molar refractivity (Wildman–Crippen MR) is 114 cm³/mol. The van der Waals surface area contributed by atoms with E-state index < -0.39 is 11.2 Å². The van der Waals surface area contributed by atoms with E-state index in [1.807, 2.05) is 42.5 Å². The minimum absolute atomic E-state index is 0.156. The van der Waals surface area contributed by atoms with E-state index in [1.165, 1.54) is 0 Å². The van der Waals surface area contributed by atoms with Crippen molar-refractivity contribution < 1.29 is 4.79 Å². The molecule has 0 unspecified atom stereocenters. The van der Waals surface area contributed by atoms with Crippen LogP contribution in [0.5, 0.6) is 0 Å². The summed E-state index contributed by atoms with van der Waals surface area (Å²) in [6, 6.07) is 12.9. The lowest BCUT2D eigenvalue weighted by Gasteiger charge is -2.26. The minimum atomic E-state index is -0.478. The smallest absolute Gasteiger partial charge is 0.330 e. The van der Waals surface area contributed by atoms with E-state index in [0.717, 1.165) is 15.7 Å². The van der Waals surface area contributed by atoms with Crippen molar-refractivity contribution in [1.29, 1.82) is 0 Å². The zero-order valence-electron chi connectivity index (χ0n) is 16.5. The van der Waals surface area contributed by atoms with Crippen LogP contribution >= 0.6 is 0 Å². The number of hydrogen-bond donors (Lipinski definition) is 2. The van der Waals surface area contributed by atoms with Gasteiger partial charge < -0.3 is 10.2 Å². The molecule has 4 rings (SSSR count). The van der Waals surface area contributed by atoms with Gasteiger partial charge in [0.1, 0.15) is 5.82 Å². The number of likely N-dealkylation sites (N-methyl/N-ethyl adjacent to an activating group) is 1. The van der Waals surface area contributed by atoms with Crippen molar-refractivity contribution in [3.05, 3.63) is 98.0 Å². The van der Waals surface area contributed by atoms with Crippen LogP contribution in [0.3, 0.4) is 0 Å². The van der Waals surface area contributed by atoms with Crippen LogP contribution in [0.2, 0.25) is 0 Å². The van der Waals surface area contributed by atoms with Gasteiger partial charge in [-0.2, -0.15) is 0 Å². The maximum absolute atomic E-state index is 13.1. The van der Waals surface area contributed by atoms with Gasteiger partial charge in [0.25, 0.3) is 5.56 Å². The number of aromatic amines is 1. The molecular weight excluding hydrogens is 382 g/mol. The van der Waals surface area contributed by atoms with Crippen LogP contribution < -0.4 is 21.5 Å². The maximum atomic E-state index is 13.1. The molecule has 3 aromatic rings. The third-order valence-electron chi connectivity index (χ3n) is 4.99. The Morgan fingerprint density at radius 1 is 1.10 bits per heavy atom. The number of nitrogens with one attached hydrogen (secondary N) is 2. The number of pyridine rings is 1. The van der Waals surface area contributed by atoms with E-state index in [9.17, 15) is 14.4 Å². The number of amides is 1. The number of rotatable bonds is 5. The highest BCUT2D eigenvalue weighted by Gasteiger charge is 2.24. The number of benzene rings is 1. The normalized spacial score (nSPS) is 12.8. The predicted octanol–water partition coefficient (Wildman–Crippen LogP) is 1.13. The SMILES string of the molecule is CN1CC(C(=O)NCc2ccncc2)=Cc2c1[nH]c(=O)n(Cc1ccccc1)c2=O. The minimum Gasteiger partial charge on any atom is -0.356 e. The Hall–Kier alpha value is -3.94. The van der Waals surface area contributed by atoms with E-state index in [0.29, 0.717) is 23.5 Å². The highest BCUT2D eigenvalue weighted by molar-refractivity contribution is 6.00. The topological polar surface area (TPSA) is 100 Å². The third kappa shape index (κ3) is 3.93. The van der Waals surface area contributed by atoms with Crippen molar-refractivity contribution in [2.24, 2.45) is 0 Å². The monoisotopic (exact) mass is 403 g/mol. The summed E-state index contributed by atoms with van der Waals surface area (Å²) in [4.78, 5) is 46.7. The molecule has 0 radical (unpaired) electrons. The number of carbonyl (C=O) groups is 1. The summed E-state index contributed by atoms with van der Waals surface area (Å²) in [5, 5.41) is 2.86. The quantitative estimate of drug-likeness (QED) is 0.665. The number of anilines is 1. The Balaban J connectivity index is 1.64. The van der Waals surface area contributed by atoms with Crippen molar-refractivity contribution in [2.75, 3.05) is 18.5 Å². The molecule has 8 heteroatoms. The fourth-order valence-corrected chi connectivity index (χ4v) is 3.40. The molecule has 0 bridgehead atoms. The molecule has 1 aromatic carbocycles. The number of carbonyl (C=O) groups excluding carboxylic acids is 1. The van der Waals surface area contributed by atoms with Crippen molar-refractivity contribution >= 4 is 17.8 Å². The van der Waals surface area contributed by atoms with Gasteiger partial charge in [-0.3, -0.25) is 24.1 Å². The Morgan fingerprint density at radius 2 is 1.83 bits per heavy atom. The van der Waals surface area contributed by atoms with Crippen molar-refractivity contribution in [3.63, 3.8) is 0 Å². The van der Waals surface area contributed by atoms with Gasteiger partial charge in [-0.15, -0.1) is 0 Å². The zero-order valence-corrected chi connectivity index (χ0v) is 16.5. The second-order valence-electron chi connectivity index (χ2n) is 7.13. The summed E-state index contributed by atoms with van der Waals surface area (Å²) in [5.74, 6) is 0.157. The van der Waals surface area contributed by atoms with Crippen LogP contribution in [0.25, 0.3) is 6.08 Å². The van der Waals surface area contributed by atoms with Crippen molar-refractivity contribution in [3.8, 4) is 0 Å². The third-order valence-corrected chi connectivity index (χ3v) is 4.99. The molecule has 1 aliphatic rings. The molecule has 0 saturated carbocycles. The second-order valence-corrected chi connectivity index (χ2v) is 7.13. The molecular formula is C22H21N5O3. The fourth-order valence-electron chi connectivity index (χ4n) is 3.40. The average Bonchev–Trinajstić information content (AvgIpc) is 2.77. The van der Waals surface area contributed by atoms with Crippen molar-refractivity contribution in [2.45, 2.75) is 13.1 Å². The standard InChI is InChI=1S/C22H21N5O3/c1-26-14-17(20(28)24-12-15-7-9-23-10-8-15)11-18-19(26)25-22(30)27(21(18)29)13-16-5-3-2-4-6-16/h2-11H,12-14H2,1H3,(H,24,28)(H,25,30). The lowest BCUT2D eigenvalue weighted by molar-refractivity contribution is -0.117. The average molecular weight is 403 g/mol. The molecule has 0 saturated heterocycles. The summed E-state index contributed by atoms with van der Waals surface area (Å²) in [7, 11) is 1.74. The highest BCUT2D eigenvalue weighted by Crippen LogP contribution is 2.21. The van der Waals surface area contributed by atoms with Gasteiger partial charge in [0, 0.05) is 38.1 Å². The van der Waals surface area contributed by atoms with Gasteiger partial charge in [0.05, 0.1) is 12.1 Å². The molecule has 152 valence electrons. The largest absolute Gasteiger partial charge is 0.356 e.